The summed E-state index contributed by atoms with van der Waals surface area (Å²) < 4.78 is 10.9. The number of rotatable bonds is 7. The number of carbonyl (C=O) groups is 2. The van der Waals surface area contributed by atoms with Gasteiger partial charge in [-0.15, -0.1) is 11.3 Å². The van der Waals surface area contributed by atoms with Crippen molar-refractivity contribution in [2.24, 2.45) is 0 Å². The van der Waals surface area contributed by atoms with Gasteiger partial charge in [0, 0.05) is 10.9 Å². The molecular formula is C22H23N3O4S. The number of amides is 2. The van der Waals surface area contributed by atoms with Crippen molar-refractivity contribution in [3.63, 3.8) is 0 Å². The Kier molecular flexibility index (Phi) is 6.68. The molecule has 0 fully saturated rings. The van der Waals surface area contributed by atoms with Crippen LogP contribution in [0, 0.1) is 20.8 Å². The maximum Gasteiger partial charge on any atom is 0.262 e. The minimum Gasteiger partial charge on any atom is -0.495 e. The van der Waals surface area contributed by atoms with E-state index in [4.69, 9.17) is 9.47 Å². The summed E-state index contributed by atoms with van der Waals surface area (Å²) in [5, 5.41) is 7.86. The van der Waals surface area contributed by atoms with Crippen molar-refractivity contribution in [2.75, 3.05) is 24.4 Å². The van der Waals surface area contributed by atoms with Crippen LogP contribution in [0.15, 0.2) is 41.8 Å². The van der Waals surface area contributed by atoms with Gasteiger partial charge in [-0.25, -0.2) is 4.98 Å². The predicted octanol–water partition coefficient (Wildman–Crippen LogP) is 4.35. The van der Waals surface area contributed by atoms with Gasteiger partial charge in [0.05, 0.1) is 18.5 Å². The topological polar surface area (TPSA) is 89.5 Å². The van der Waals surface area contributed by atoms with Crippen LogP contribution in [0.3, 0.4) is 0 Å². The van der Waals surface area contributed by atoms with Crippen LogP contribution < -0.4 is 20.1 Å². The van der Waals surface area contributed by atoms with Crippen molar-refractivity contribution in [1.82, 2.24) is 4.98 Å². The highest BCUT2D eigenvalue weighted by Gasteiger charge is 2.14. The standard InChI is InChI=1S/C22H23N3O4S/c1-13-5-6-14(2)19(9-13)29-11-20(26)24-17-10-16(7-8-18(17)28-4)21(27)25-22-23-15(3)12-30-22/h5-10,12H,11H2,1-4H3,(H,24,26)(H,23,25,27). The van der Waals surface area contributed by atoms with Crippen LogP contribution >= 0.6 is 11.3 Å². The van der Waals surface area contributed by atoms with Gasteiger partial charge in [-0.1, -0.05) is 12.1 Å². The second kappa shape index (κ2) is 9.41. The molecule has 156 valence electrons. The van der Waals surface area contributed by atoms with Gasteiger partial charge >= 0.3 is 0 Å². The zero-order valence-electron chi connectivity index (χ0n) is 17.2. The minimum atomic E-state index is -0.359. The molecule has 1 aromatic heterocycles. The number of hydrogen-bond acceptors (Lipinski definition) is 6. The molecule has 3 rings (SSSR count). The van der Waals surface area contributed by atoms with E-state index in [9.17, 15) is 9.59 Å². The first-order valence-corrected chi connectivity index (χ1v) is 10.1. The quantitative estimate of drug-likeness (QED) is 0.588. The lowest BCUT2D eigenvalue weighted by molar-refractivity contribution is -0.118. The minimum absolute atomic E-state index is 0.164. The number of aryl methyl sites for hydroxylation is 3. The number of ether oxygens (including phenoxy) is 2. The van der Waals surface area contributed by atoms with Crippen molar-refractivity contribution >= 4 is 34.0 Å². The Morgan fingerprint density at radius 1 is 1.03 bits per heavy atom. The normalized spacial score (nSPS) is 10.4. The molecule has 0 spiro atoms. The number of aromatic nitrogens is 1. The van der Waals surface area contributed by atoms with Crippen molar-refractivity contribution in [2.45, 2.75) is 20.8 Å². The Morgan fingerprint density at radius 2 is 1.83 bits per heavy atom. The Labute approximate surface area is 179 Å². The van der Waals surface area contributed by atoms with Crippen LogP contribution in [0.4, 0.5) is 10.8 Å². The van der Waals surface area contributed by atoms with Crippen molar-refractivity contribution < 1.29 is 19.1 Å². The van der Waals surface area contributed by atoms with Crippen molar-refractivity contribution in [3.05, 3.63) is 64.2 Å². The van der Waals surface area contributed by atoms with Crippen LogP contribution in [0.25, 0.3) is 0 Å². The van der Waals surface area contributed by atoms with E-state index in [1.807, 2.05) is 44.4 Å². The zero-order chi connectivity index (χ0) is 21.7. The van der Waals surface area contributed by atoms with Gasteiger partial charge in [0.15, 0.2) is 11.7 Å². The monoisotopic (exact) mass is 425 g/mol. The van der Waals surface area contributed by atoms with E-state index in [1.54, 1.807) is 18.2 Å². The molecule has 3 aromatic rings. The third-order valence-electron chi connectivity index (χ3n) is 4.28. The number of carbonyl (C=O) groups excluding carboxylic acids is 2. The maximum atomic E-state index is 12.5. The summed E-state index contributed by atoms with van der Waals surface area (Å²) in [6.45, 7) is 5.57. The number of anilines is 2. The van der Waals surface area contributed by atoms with Gasteiger partial charge < -0.3 is 14.8 Å². The molecule has 0 saturated heterocycles. The molecule has 2 N–H and O–H groups in total. The number of hydrogen-bond donors (Lipinski definition) is 2. The summed E-state index contributed by atoms with van der Waals surface area (Å²) in [6, 6.07) is 10.6. The number of thiazole rings is 1. The number of nitrogens with zero attached hydrogens (tertiary/aromatic N) is 1. The summed E-state index contributed by atoms with van der Waals surface area (Å²) in [6.07, 6.45) is 0. The highest BCUT2D eigenvalue weighted by atomic mass is 32.1. The molecule has 2 amide bonds. The van der Waals surface area contributed by atoms with Gasteiger partial charge in [0.1, 0.15) is 11.5 Å². The first-order valence-electron chi connectivity index (χ1n) is 9.27. The zero-order valence-corrected chi connectivity index (χ0v) is 18.1. The molecule has 0 unspecified atom stereocenters. The van der Waals surface area contributed by atoms with Crippen molar-refractivity contribution in [3.8, 4) is 11.5 Å². The molecule has 0 bridgehead atoms. The van der Waals surface area contributed by atoms with E-state index in [0.717, 1.165) is 16.8 Å². The van der Waals surface area contributed by atoms with Gasteiger partial charge in [-0.05, 0) is 56.2 Å². The van der Waals surface area contributed by atoms with E-state index >= 15 is 0 Å². The molecule has 8 heteroatoms. The van der Waals surface area contributed by atoms with Crippen LogP contribution in [0.5, 0.6) is 11.5 Å². The number of benzene rings is 2. The Bertz CT molecular complexity index is 1080. The van der Waals surface area contributed by atoms with E-state index < -0.39 is 0 Å². The molecule has 0 aliphatic rings. The number of methoxy groups -OCH3 is 1. The molecule has 0 atom stereocenters. The molecule has 0 radical (unpaired) electrons. The van der Waals surface area contributed by atoms with Crippen molar-refractivity contribution in [1.29, 1.82) is 0 Å². The van der Waals surface area contributed by atoms with E-state index in [1.165, 1.54) is 18.4 Å². The lowest BCUT2D eigenvalue weighted by Crippen LogP contribution is -2.21. The Hall–Kier alpha value is -3.39. The summed E-state index contributed by atoms with van der Waals surface area (Å²) in [5.74, 6) is 0.414. The van der Waals surface area contributed by atoms with Crippen LogP contribution in [0.1, 0.15) is 27.2 Å². The summed E-state index contributed by atoms with van der Waals surface area (Å²) in [5.41, 5.74) is 3.58. The van der Waals surface area contributed by atoms with Gasteiger partial charge in [0.25, 0.3) is 11.8 Å². The molecule has 0 aliphatic heterocycles. The lowest BCUT2D eigenvalue weighted by Gasteiger charge is -2.13. The maximum absolute atomic E-state index is 12.5. The molecule has 7 nitrogen and oxygen atoms in total. The van der Waals surface area contributed by atoms with Gasteiger partial charge in [0.2, 0.25) is 0 Å². The molecule has 0 aliphatic carbocycles. The predicted molar refractivity (Wildman–Crippen MR) is 118 cm³/mol. The third-order valence-corrected chi connectivity index (χ3v) is 5.15. The third kappa shape index (κ3) is 5.36. The molecule has 30 heavy (non-hydrogen) atoms. The highest BCUT2D eigenvalue weighted by molar-refractivity contribution is 7.13. The molecule has 2 aromatic carbocycles. The first-order chi connectivity index (χ1) is 14.4. The smallest absolute Gasteiger partial charge is 0.262 e. The molecule has 0 saturated carbocycles. The summed E-state index contributed by atoms with van der Waals surface area (Å²) >= 11 is 1.35. The van der Waals surface area contributed by atoms with E-state index in [0.29, 0.717) is 27.9 Å². The number of nitrogens with one attached hydrogen (secondary N) is 2. The Balaban J connectivity index is 1.69. The van der Waals surface area contributed by atoms with Gasteiger partial charge in [-0.2, -0.15) is 0 Å². The van der Waals surface area contributed by atoms with E-state index in [2.05, 4.69) is 15.6 Å². The lowest BCUT2D eigenvalue weighted by atomic mass is 10.1. The molecular weight excluding hydrogens is 402 g/mol. The second-order valence-corrected chi connectivity index (χ2v) is 7.63. The first kappa shape index (κ1) is 21.3. The van der Waals surface area contributed by atoms with Crippen LogP contribution in [0.2, 0.25) is 0 Å². The van der Waals surface area contributed by atoms with Gasteiger partial charge in [-0.3, -0.25) is 14.9 Å². The van der Waals surface area contributed by atoms with Crippen LogP contribution in [-0.2, 0) is 4.79 Å². The fourth-order valence-corrected chi connectivity index (χ4v) is 3.40. The fraction of sp³-hybridized carbons (Fsp3) is 0.227. The highest BCUT2D eigenvalue weighted by Crippen LogP contribution is 2.26. The second-order valence-electron chi connectivity index (χ2n) is 6.77. The Morgan fingerprint density at radius 3 is 2.53 bits per heavy atom. The fourth-order valence-electron chi connectivity index (χ4n) is 2.72. The largest absolute Gasteiger partial charge is 0.495 e. The average molecular weight is 426 g/mol. The SMILES string of the molecule is COc1ccc(C(=O)Nc2nc(C)cs2)cc1NC(=O)COc1cc(C)ccc1C. The van der Waals surface area contributed by atoms with E-state index in [-0.39, 0.29) is 18.4 Å². The van der Waals surface area contributed by atoms with Crippen LogP contribution in [-0.4, -0.2) is 30.5 Å². The average Bonchev–Trinajstić information content (AvgIpc) is 3.13. The summed E-state index contributed by atoms with van der Waals surface area (Å²) in [7, 11) is 1.50. The molecule has 1 heterocycles. The summed E-state index contributed by atoms with van der Waals surface area (Å²) in [4.78, 5) is 29.2.